The quantitative estimate of drug-likeness (QED) is 0.0197. The monoisotopic (exact) mass is 1090 g/mol. The second kappa shape index (κ2) is 58.1. The van der Waals surface area contributed by atoms with Crippen molar-refractivity contribution in [3.63, 3.8) is 0 Å². The van der Waals surface area contributed by atoms with Crippen molar-refractivity contribution in [3.8, 4) is 0 Å². The zero-order valence-electron chi connectivity index (χ0n) is 48.7. The Morgan fingerprint density at radius 1 is 0.382 bits per heavy atom. The van der Waals surface area contributed by atoms with E-state index in [9.17, 15) is 28.9 Å². The van der Waals surface area contributed by atoms with Gasteiger partial charge in [-0.3, -0.25) is 23.4 Å². The Kier molecular flexibility index (Phi) is 55.7. The molecule has 12 heteroatoms. The fourth-order valence-corrected chi connectivity index (χ4v) is 9.18. The van der Waals surface area contributed by atoms with E-state index in [-0.39, 0.29) is 25.9 Å². The van der Waals surface area contributed by atoms with Gasteiger partial charge in [-0.1, -0.05) is 222 Å². The first-order valence-electron chi connectivity index (χ1n) is 30.8. The van der Waals surface area contributed by atoms with Crippen molar-refractivity contribution in [2.75, 3.05) is 26.4 Å². The third-order valence-electron chi connectivity index (χ3n) is 13.1. The molecule has 0 aliphatic heterocycles. The number of aliphatic hydroxyl groups excluding tert-OH is 1. The molecule has 3 unspecified atom stereocenters. The summed E-state index contributed by atoms with van der Waals surface area (Å²) < 4.78 is 39.6. The van der Waals surface area contributed by atoms with Gasteiger partial charge in [0.05, 0.1) is 19.8 Å². The van der Waals surface area contributed by atoms with Gasteiger partial charge in [0, 0.05) is 19.3 Å². The van der Waals surface area contributed by atoms with Crippen molar-refractivity contribution in [3.05, 3.63) is 72.9 Å². The number of carbonyl (C=O) groups is 3. The van der Waals surface area contributed by atoms with E-state index in [0.29, 0.717) is 19.3 Å². The van der Waals surface area contributed by atoms with Crippen LogP contribution in [0.25, 0.3) is 0 Å². The molecule has 2 N–H and O–H groups in total. The number of unbranched alkanes of at least 4 members (excludes halogenated alkanes) is 28. The van der Waals surface area contributed by atoms with Gasteiger partial charge in [-0.25, -0.2) is 4.57 Å². The molecule has 0 radical (unpaired) electrons. The summed E-state index contributed by atoms with van der Waals surface area (Å²) in [6.07, 6.45) is 65.6. The highest BCUT2D eigenvalue weighted by atomic mass is 31.2. The lowest BCUT2D eigenvalue weighted by Crippen LogP contribution is -2.30. The molecule has 76 heavy (non-hydrogen) atoms. The first-order chi connectivity index (χ1) is 37.2. The predicted octanol–water partition coefficient (Wildman–Crippen LogP) is 18.5. The maximum absolute atomic E-state index is 12.9. The summed E-state index contributed by atoms with van der Waals surface area (Å²) in [5.41, 5.74) is 0. The number of esters is 3. The third kappa shape index (κ3) is 55.7. The topological polar surface area (TPSA) is 155 Å². The number of hydrogen-bond donors (Lipinski definition) is 2. The van der Waals surface area contributed by atoms with Gasteiger partial charge in [0.2, 0.25) is 0 Å². The van der Waals surface area contributed by atoms with Crippen molar-refractivity contribution in [1.82, 2.24) is 0 Å². The molecule has 440 valence electrons. The van der Waals surface area contributed by atoms with Crippen LogP contribution in [0.5, 0.6) is 0 Å². The Hall–Kier alpha value is -3.08. The lowest BCUT2D eigenvalue weighted by atomic mass is 10.1. The van der Waals surface area contributed by atoms with Crippen molar-refractivity contribution < 1.29 is 52.2 Å². The molecule has 0 rings (SSSR count). The summed E-state index contributed by atoms with van der Waals surface area (Å²) in [6.45, 7) is 4.51. The SMILES string of the molecule is CC/C=C\C/C=C\C/C=C\C/C=C\CCCCCCC(=O)OCC(COP(=O)(O)OCC(CO)OC(=O)CCCCCCC/C=C\CCCCCCCC)OC(=O)CCCCCCCCC/C=C\CCCCCCCC. The normalized spacial score (nSPS) is 13.8. The van der Waals surface area contributed by atoms with E-state index in [2.05, 4.69) is 93.7 Å². The first kappa shape index (κ1) is 72.9. The van der Waals surface area contributed by atoms with E-state index in [4.69, 9.17) is 23.3 Å². The van der Waals surface area contributed by atoms with Crippen molar-refractivity contribution in [1.29, 1.82) is 0 Å². The van der Waals surface area contributed by atoms with Gasteiger partial charge in [0.1, 0.15) is 12.7 Å². The molecule has 0 aromatic heterocycles. The standard InChI is InChI=1S/C64H113O11P/c1-4-7-10-13-16-19-22-25-28-30-33-35-38-41-44-47-50-53-62(66)71-57-61(75-64(68)55-52-49-46-43-40-37-34-31-29-26-23-20-17-14-11-8-5-2)59-73-76(69,70)72-58-60(56-65)74-63(67)54-51-48-45-42-39-36-32-27-24-21-18-15-12-9-6-3/h7,10,16,19,25-29,32-33,35,60-61,65H,4-6,8-9,11-15,17-18,20-24,30-31,34,36-59H2,1-3H3,(H,69,70)/b10-7-,19-16-,28-25-,29-26-,32-27-,35-33-. The lowest BCUT2D eigenvalue weighted by molar-refractivity contribution is -0.161. The van der Waals surface area contributed by atoms with Crippen LogP contribution in [-0.2, 0) is 42.2 Å². The Morgan fingerprint density at radius 2 is 0.684 bits per heavy atom. The highest BCUT2D eigenvalue weighted by Crippen LogP contribution is 2.43. The van der Waals surface area contributed by atoms with Crippen LogP contribution >= 0.6 is 7.82 Å². The zero-order chi connectivity index (χ0) is 55.5. The average molecular weight is 1090 g/mol. The predicted molar refractivity (Wildman–Crippen MR) is 316 cm³/mol. The number of carbonyl (C=O) groups excluding carboxylic acids is 3. The number of allylic oxidation sites excluding steroid dienone is 12. The molecule has 0 amide bonds. The van der Waals surface area contributed by atoms with Crippen LogP contribution in [0, 0.1) is 0 Å². The van der Waals surface area contributed by atoms with Gasteiger partial charge in [-0.15, -0.1) is 0 Å². The Balaban J connectivity index is 4.76. The van der Waals surface area contributed by atoms with Crippen LogP contribution in [0.4, 0.5) is 0 Å². The van der Waals surface area contributed by atoms with Crippen LogP contribution in [0.1, 0.15) is 278 Å². The van der Waals surface area contributed by atoms with Gasteiger partial charge >= 0.3 is 25.7 Å². The van der Waals surface area contributed by atoms with E-state index >= 15 is 0 Å². The van der Waals surface area contributed by atoms with Crippen molar-refractivity contribution in [2.45, 2.75) is 290 Å². The first-order valence-corrected chi connectivity index (χ1v) is 32.3. The number of phosphoric acid groups is 1. The molecule has 11 nitrogen and oxygen atoms in total. The molecule has 0 bridgehead atoms. The highest BCUT2D eigenvalue weighted by molar-refractivity contribution is 7.47. The summed E-state index contributed by atoms with van der Waals surface area (Å²) in [4.78, 5) is 48.7. The molecule has 0 aliphatic carbocycles. The number of rotatable bonds is 57. The van der Waals surface area contributed by atoms with E-state index in [1.165, 1.54) is 96.3 Å². The van der Waals surface area contributed by atoms with Crippen LogP contribution in [0.15, 0.2) is 72.9 Å². The van der Waals surface area contributed by atoms with E-state index in [0.717, 1.165) is 122 Å². The van der Waals surface area contributed by atoms with E-state index in [1.54, 1.807) is 0 Å². The molecular formula is C64H113O11P. The molecule has 0 saturated carbocycles. The van der Waals surface area contributed by atoms with E-state index in [1.807, 2.05) is 0 Å². The minimum atomic E-state index is -4.76. The Bertz CT molecular complexity index is 1550. The van der Waals surface area contributed by atoms with E-state index < -0.39 is 57.8 Å². The van der Waals surface area contributed by atoms with Crippen LogP contribution in [0.2, 0.25) is 0 Å². The fraction of sp³-hybridized carbons (Fsp3) is 0.766. The van der Waals surface area contributed by atoms with Crippen LogP contribution in [-0.4, -0.2) is 66.5 Å². The molecule has 3 atom stereocenters. The van der Waals surface area contributed by atoms with Gasteiger partial charge in [0.25, 0.3) is 0 Å². The lowest BCUT2D eigenvalue weighted by Gasteiger charge is -2.21. The van der Waals surface area contributed by atoms with Crippen LogP contribution in [0.3, 0.4) is 0 Å². The molecular weight excluding hydrogens is 976 g/mol. The maximum Gasteiger partial charge on any atom is 0.472 e. The summed E-state index contributed by atoms with van der Waals surface area (Å²) in [7, 11) is -4.76. The van der Waals surface area contributed by atoms with Crippen LogP contribution < -0.4 is 0 Å². The zero-order valence-corrected chi connectivity index (χ0v) is 49.6. The summed E-state index contributed by atoms with van der Waals surface area (Å²) >= 11 is 0. The Labute approximate surface area is 465 Å². The van der Waals surface area contributed by atoms with Gasteiger partial charge in [-0.05, 0) is 109 Å². The average Bonchev–Trinajstić information content (AvgIpc) is 3.41. The molecule has 0 aliphatic rings. The third-order valence-corrected chi connectivity index (χ3v) is 14.0. The van der Waals surface area contributed by atoms with Crippen molar-refractivity contribution in [2.24, 2.45) is 0 Å². The number of aliphatic hydroxyl groups is 1. The largest absolute Gasteiger partial charge is 0.472 e. The molecule has 0 spiro atoms. The molecule has 0 fully saturated rings. The van der Waals surface area contributed by atoms with Crippen molar-refractivity contribution >= 4 is 25.7 Å². The summed E-state index contributed by atoms with van der Waals surface area (Å²) in [5.74, 6) is -1.50. The second-order valence-corrected chi connectivity index (χ2v) is 21.9. The molecule has 0 saturated heterocycles. The number of phosphoric ester groups is 1. The summed E-state index contributed by atoms with van der Waals surface area (Å²) in [6, 6.07) is 0. The number of hydrogen-bond acceptors (Lipinski definition) is 10. The molecule has 0 heterocycles. The minimum absolute atomic E-state index is 0.155. The maximum atomic E-state index is 12.9. The summed E-state index contributed by atoms with van der Waals surface area (Å²) in [5, 5.41) is 9.83. The number of ether oxygens (including phenoxy) is 3. The smallest absolute Gasteiger partial charge is 0.462 e. The van der Waals surface area contributed by atoms with Gasteiger partial charge < -0.3 is 24.2 Å². The highest BCUT2D eigenvalue weighted by Gasteiger charge is 2.28. The van der Waals surface area contributed by atoms with Gasteiger partial charge in [0.15, 0.2) is 6.10 Å². The Morgan fingerprint density at radius 3 is 1.07 bits per heavy atom. The van der Waals surface area contributed by atoms with Gasteiger partial charge in [-0.2, -0.15) is 0 Å². The molecule has 0 aromatic rings. The molecule has 0 aromatic carbocycles. The minimum Gasteiger partial charge on any atom is -0.462 e. The fourth-order valence-electron chi connectivity index (χ4n) is 8.40. The second-order valence-electron chi connectivity index (χ2n) is 20.5.